The van der Waals surface area contributed by atoms with Crippen LogP contribution in [0.2, 0.25) is 0 Å². The van der Waals surface area contributed by atoms with Crippen molar-refractivity contribution in [3.63, 3.8) is 0 Å². The van der Waals surface area contributed by atoms with Crippen molar-refractivity contribution in [1.29, 1.82) is 0 Å². The van der Waals surface area contributed by atoms with Gasteiger partial charge in [0.05, 0.1) is 0 Å². The van der Waals surface area contributed by atoms with Crippen LogP contribution >= 0.6 is 24.1 Å². The normalized spacial score (nSPS) is 14.3. The molecule has 6 nitrogen and oxygen atoms in total. The van der Waals surface area contributed by atoms with E-state index in [4.69, 9.17) is 28.4 Å². The molecule has 0 spiro atoms. The molecule has 10 heteroatoms. The summed E-state index contributed by atoms with van der Waals surface area (Å²) in [5, 5.41) is 0. The molecule has 0 heterocycles. The van der Waals surface area contributed by atoms with Gasteiger partial charge in [0.25, 0.3) is 0 Å². The first kappa shape index (κ1) is 24.1. The van der Waals surface area contributed by atoms with Gasteiger partial charge in [0.2, 0.25) is 0 Å². The molecule has 0 amide bonds. The van der Waals surface area contributed by atoms with Crippen LogP contribution < -0.4 is 14.7 Å². The molecule has 0 rings (SSSR count). The first-order valence-electron chi connectivity index (χ1n) is 2.72. The molecule has 0 aromatic rings. The van der Waals surface area contributed by atoms with Crippen molar-refractivity contribution >= 4 is 24.1 Å². The summed E-state index contributed by atoms with van der Waals surface area (Å²) in [6.45, 7) is 3.47. The molecule has 0 aromatic carbocycles. The minimum atomic E-state index is -2.38. The Balaban J connectivity index is -0.0000000450. The van der Waals surface area contributed by atoms with Crippen LogP contribution in [0.4, 0.5) is 0 Å². The van der Waals surface area contributed by atoms with Crippen molar-refractivity contribution in [1.82, 2.24) is 0 Å². The summed E-state index contributed by atoms with van der Waals surface area (Å²) in [5.41, 5.74) is 0. The quantitative estimate of drug-likeness (QED) is 0.468. The third kappa shape index (κ3) is 612. The number of hydrogen-bond acceptors (Lipinski definition) is 6. The number of hydrogen-bond donors (Lipinski definition) is 0. The molecule has 0 aliphatic carbocycles. The Kier molecular flexibility index (Phi) is 35.9. The van der Waals surface area contributed by atoms with Gasteiger partial charge in [-0.05, 0) is 44.1 Å². The maximum atomic E-state index is 9.07. The van der Waals surface area contributed by atoms with Gasteiger partial charge in [-0.3, -0.25) is 0 Å². The van der Waals surface area contributed by atoms with Crippen LogP contribution in [0.5, 0.6) is 0 Å². The summed E-state index contributed by atoms with van der Waals surface area (Å²) >= 11 is 0. The molecular weight excluding hydrogens is 364 g/mol. The largest absolute Gasteiger partial charge is 3.00 e. The molecule has 0 saturated carbocycles. The predicted octanol–water partition coefficient (Wildman–Crippen LogP) is -1.65. The molecule has 0 bridgehead atoms. The summed E-state index contributed by atoms with van der Waals surface area (Å²) in [4.78, 5) is 27.2. The SMILES string of the molecule is C[PH](=O)[O-].C[PH](=O)[O-].C[PH](=O)[O-].[La+3]. The minimum Gasteiger partial charge on any atom is -0.802 e. The summed E-state index contributed by atoms with van der Waals surface area (Å²) in [7, 11) is -7.14. The van der Waals surface area contributed by atoms with Gasteiger partial charge in [0.15, 0.2) is 0 Å². The van der Waals surface area contributed by atoms with Crippen molar-refractivity contribution in [2.45, 2.75) is 0 Å². The van der Waals surface area contributed by atoms with Gasteiger partial charge in [-0.15, -0.1) is 0 Å². The van der Waals surface area contributed by atoms with Gasteiger partial charge in [-0.2, -0.15) is 0 Å². The molecule has 0 fully saturated rings. The molecule has 13 heavy (non-hydrogen) atoms. The van der Waals surface area contributed by atoms with Crippen molar-refractivity contribution in [2.75, 3.05) is 20.0 Å². The topological polar surface area (TPSA) is 120 Å². The van der Waals surface area contributed by atoms with E-state index in [1.54, 1.807) is 0 Å². The fourth-order valence-electron chi connectivity index (χ4n) is 0. The standard InChI is InChI=1S/3CH5O2P.La/c3*1-4(2)3;/h3*4H,1H3,(H,2,3);/q;;;+3/p-3. The van der Waals surface area contributed by atoms with E-state index in [0.717, 1.165) is 20.0 Å². The summed E-state index contributed by atoms with van der Waals surface area (Å²) in [6.07, 6.45) is 0. The second kappa shape index (κ2) is 19.4. The zero-order valence-electron chi connectivity index (χ0n) is 7.53. The molecule has 0 saturated heterocycles. The first-order chi connectivity index (χ1) is 5.20. The van der Waals surface area contributed by atoms with Crippen LogP contribution in [0.25, 0.3) is 0 Å². The van der Waals surface area contributed by atoms with Crippen LogP contribution in [-0.2, 0) is 13.7 Å². The molecule has 3 unspecified atom stereocenters. The first-order valence-corrected chi connectivity index (χ1v) is 8.17. The van der Waals surface area contributed by atoms with Crippen LogP contribution in [0.1, 0.15) is 0 Å². The Hall–Kier alpha value is 1.76. The smallest absolute Gasteiger partial charge is 0.802 e. The monoisotopic (exact) mass is 376 g/mol. The molecule has 0 aliphatic rings. The molecule has 0 aliphatic heterocycles. The summed E-state index contributed by atoms with van der Waals surface area (Å²) in [6, 6.07) is 0. The Bertz CT molecular complexity index is 121. The van der Waals surface area contributed by atoms with Gasteiger partial charge in [-0.25, -0.2) is 0 Å². The van der Waals surface area contributed by atoms with E-state index in [-0.39, 0.29) is 35.6 Å². The molecule has 0 aromatic heterocycles. The fraction of sp³-hybridized carbons (Fsp3) is 1.00. The molecule has 78 valence electrons. The maximum Gasteiger partial charge on any atom is 3.00 e. The van der Waals surface area contributed by atoms with E-state index in [1.165, 1.54) is 0 Å². The van der Waals surface area contributed by atoms with E-state index in [1.807, 2.05) is 0 Å². The van der Waals surface area contributed by atoms with Crippen molar-refractivity contribution in [3.05, 3.63) is 0 Å². The van der Waals surface area contributed by atoms with E-state index < -0.39 is 24.1 Å². The summed E-state index contributed by atoms with van der Waals surface area (Å²) < 4.78 is 27.2. The Labute approximate surface area is 107 Å². The Morgan fingerprint density at radius 2 is 0.692 bits per heavy atom. The van der Waals surface area contributed by atoms with Gasteiger partial charge >= 0.3 is 35.6 Å². The predicted molar refractivity (Wildman–Crippen MR) is 44.8 cm³/mol. The second-order valence-electron chi connectivity index (χ2n) is 1.47. The Morgan fingerprint density at radius 1 is 0.692 bits per heavy atom. The van der Waals surface area contributed by atoms with Crippen LogP contribution in [-0.4, -0.2) is 20.0 Å². The van der Waals surface area contributed by atoms with Crippen molar-refractivity contribution in [3.8, 4) is 0 Å². The van der Waals surface area contributed by atoms with Crippen LogP contribution in [0.15, 0.2) is 0 Å². The van der Waals surface area contributed by atoms with Gasteiger partial charge < -0.3 is 28.4 Å². The maximum absolute atomic E-state index is 9.07. The van der Waals surface area contributed by atoms with Gasteiger partial charge in [-0.1, -0.05) is 0 Å². The van der Waals surface area contributed by atoms with E-state index >= 15 is 0 Å². The third-order valence-corrected chi connectivity index (χ3v) is 0. The van der Waals surface area contributed by atoms with E-state index in [0.29, 0.717) is 0 Å². The van der Waals surface area contributed by atoms with Crippen molar-refractivity contribution < 1.29 is 64.0 Å². The molecule has 3 atom stereocenters. The average molecular weight is 376 g/mol. The second-order valence-corrected chi connectivity index (χ2v) is 4.42. The van der Waals surface area contributed by atoms with E-state index in [9.17, 15) is 0 Å². The van der Waals surface area contributed by atoms with Gasteiger partial charge in [0.1, 0.15) is 0 Å². The fourth-order valence-corrected chi connectivity index (χ4v) is 0. The zero-order valence-corrected chi connectivity index (χ0v) is 14.2. The van der Waals surface area contributed by atoms with E-state index in [2.05, 4.69) is 0 Å². The molecular formula is C3H12LaO6P3. The third-order valence-electron chi connectivity index (χ3n) is 0. The van der Waals surface area contributed by atoms with Crippen LogP contribution in [0.3, 0.4) is 0 Å². The zero-order chi connectivity index (χ0) is 10.7. The minimum absolute atomic E-state index is 0. The number of rotatable bonds is 0. The molecule has 0 radical (unpaired) electrons. The average Bonchev–Trinajstić information content (AvgIpc) is 1.54. The van der Waals surface area contributed by atoms with Crippen LogP contribution in [0, 0.1) is 35.6 Å². The summed E-state index contributed by atoms with van der Waals surface area (Å²) in [5.74, 6) is 0. The Morgan fingerprint density at radius 3 is 0.692 bits per heavy atom. The van der Waals surface area contributed by atoms with Crippen molar-refractivity contribution in [2.24, 2.45) is 0 Å². The molecule has 0 N–H and O–H groups in total. The van der Waals surface area contributed by atoms with Gasteiger partial charge in [0, 0.05) is 0 Å².